The van der Waals surface area contributed by atoms with Crippen molar-refractivity contribution in [1.29, 1.82) is 0 Å². The number of benzene rings is 2. The first kappa shape index (κ1) is 22.8. The number of guanidine groups is 1. The Hall–Kier alpha value is -2.86. The Labute approximate surface area is 186 Å². The highest BCUT2D eigenvalue weighted by molar-refractivity contribution is 5.79. The summed E-state index contributed by atoms with van der Waals surface area (Å²) in [5.74, 6) is 0.668. The second kappa shape index (κ2) is 11.0. The SMILES string of the molecule is CN=C(NCc1cccc(CN2CCCC(C(N)=O)C2)c1)N(C)Cc1ccc(C)cc1. The number of rotatable bonds is 7. The summed E-state index contributed by atoms with van der Waals surface area (Å²) in [5, 5.41) is 3.47. The van der Waals surface area contributed by atoms with E-state index in [1.54, 1.807) is 0 Å². The van der Waals surface area contributed by atoms with Gasteiger partial charge in [-0.1, -0.05) is 54.1 Å². The molecule has 3 N–H and O–H groups in total. The van der Waals surface area contributed by atoms with E-state index in [0.717, 1.165) is 45.0 Å². The van der Waals surface area contributed by atoms with Crippen molar-refractivity contribution in [2.75, 3.05) is 27.2 Å². The first-order chi connectivity index (χ1) is 14.9. The highest BCUT2D eigenvalue weighted by atomic mass is 16.1. The molecule has 0 aromatic heterocycles. The van der Waals surface area contributed by atoms with Gasteiger partial charge in [0.1, 0.15) is 0 Å². The number of piperidine rings is 1. The van der Waals surface area contributed by atoms with E-state index >= 15 is 0 Å². The van der Waals surface area contributed by atoms with Crippen LogP contribution in [0.5, 0.6) is 0 Å². The van der Waals surface area contributed by atoms with E-state index < -0.39 is 0 Å². The lowest BCUT2D eigenvalue weighted by molar-refractivity contribution is -0.123. The second-order valence-electron chi connectivity index (χ2n) is 8.54. The molecular formula is C25H35N5O. The van der Waals surface area contributed by atoms with E-state index in [-0.39, 0.29) is 11.8 Å². The smallest absolute Gasteiger partial charge is 0.221 e. The van der Waals surface area contributed by atoms with E-state index in [0.29, 0.717) is 6.54 Å². The van der Waals surface area contributed by atoms with Crippen LogP contribution in [0.1, 0.15) is 35.1 Å². The van der Waals surface area contributed by atoms with E-state index in [9.17, 15) is 4.79 Å². The molecule has 2 aromatic rings. The fourth-order valence-electron chi connectivity index (χ4n) is 4.14. The van der Waals surface area contributed by atoms with Crippen molar-refractivity contribution in [1.82, 2.24) is 15.1 Å². The van der Waals surface area contributed by atoms with Crippen molar-refractivity contribution in [3.05, 3.63) is 70.8 Å². The summed E-state index contributed by atoms with van der Waals surface area (Å²) in [6.45, 7) is 6.23. The fourth-order valence-corrected chi connectivity index (χ4v) is 4.14. The van der Waals surface area contributed by atoms with E-state index in [1.165, 1.54) is 22.3 Å². The van der Waals surface area contributed by atoms with Gasteiger partial charge in [-0.2, -0.15) is 0 Å². The van der Waals surface area contributed by atoms with Gasteiger partial charge in [-0.25, -0.2) is 0 Å². The van der Waals surface area contributed by atoms with Crippen molar-refractivity contribution in [3.8, 4) is 0 Å². The molecule has 0 saturated carbocycles. The zero-order valence-corrected chi connectivity index (χ0v) is 19.0. The van der Waals surface area contributed by atoms with Crippen LogP contribution in [0.15, 0.2) is 53.5 Å². The van der Waals surface area contributed by atoms with Gasteiger partial charge in [0.25, 0.3) is 0 Å². The highest BCUT2D eigenvalue weighted by Gasteiger charge is 2.23. The molecule has 6 nitrogen and oxygen atoms in total. The molecule has 1 aliphatic rings. The molecule has 6 heteroatoms. The third kappa shape index (κ3) is 6.82. The Kier molecular flexibility index (Phi) is 8.06. The minimum absolute atomic E-state index is 0.0222. The van der Waals surface area contributed by atoms with Crippen LogP contribution in [0.4, 0.5) is 0 Å². The number of carbonyl (C=O) groups excluding carboxylic acids is 1. The predicted octanol–water partition coefficient (Wildman–Crippen LogP) is 2.90. The maximum Gasteiger partial charge on any atom is 0.221 e. The number of aliphatic imine (C=N–C) groups is 1. The topological polar surface area (TPSA) is 74.0 Å². The number of likely N-dealkylation sites (tertiary alicyclic amines) is 1. The third-order valence-electron chi connectivity index (χ3n) is 5.87. The van der Waals surface area contributed by atoms with Crippen LogP contribution in [0.25, 0.3) is 0 Å². The lowest BCUT2D eigenvalue weighted by Gasteiger charge is -2.31. The van der Waals surface area contributed by atoms with Crippen molar-refractivity contribution in [2.24, 2.45) is 16.6 Å². The highest BCUT2D eigenvalue weighted by Crippen LogP contribution is 2.19. The Bertz CT molecular complexity index is 893. The normalized spacial score (nSPS) is 17.4. The van der Waals surface area contributed by atoms with E-state index in [4.69, 9.17) is 5.73 Å². The summed E-state index contributed by atoms with van der Waals surface area (Å²) in [6, 6.07) is 17.2. The van der Waals surface area contributed by atoms with Crippen LogP contribution in [-0.2, 0) is 24.4 Å². The van der Waals surface area contributed by atoms with Gasteiger partial charge >= 0.3 is 0 Å². The number of amides is 1. The molecule has 31 heavy (non-hydrogen) atoms. The first-order valence-electron chi connectivity index (χ1n) is 11.0. The van der Waals surface area contributed by atoms with Crippen molar-refractivity contribution >= 4 is 11.9 Å². The molecule has 1 aliphatic heterocycles. The maximum absolute atomic E-state index is 11.5. The van der Waals surface area contributed by atoms with Gasteiger partial charge in [-0.05, 0) is 43.0 Å². The number of hydrogen-bond acceptors (Lipinski definition) is 3. The molecule has 1 unspecified atom stereocenters. The number of primary amides is 1. The van der Waals surface area contributed by atoms with Gasteiger partial charge in [-0.3, -0.25) is 14.7 Å². The Balaban J connectivity index is 1.54. The minimum Gasteiger partial charge on any atom is -0.369 e. The Morgan fingerprint density at radius 1 is 1.19 bits per heavy atom. The zero-order chi connectivity index (χ0) is 22.2. The molecule has 0 spiro atoms. The number of nitrogens with two attached hydrogens (primary N) is 1. The molecule has 1 heterocycles. The standard InChI is InChI=1S/C25H35N5O/c1-19-9-11-20(12-10-19)16-29(3)25(27-2)28-15-21-6-4-7-22(14-21)17-30-13-5-8-23(18-30)24(26)31/h4,6-7,9-12,14,23H,5,8,13,15-18H2,1-3H3,(H2,26,31)(H,27,28). The quantitative estimate of drug-likeness (QED) is 0.533. The van der Waals surface area contributed by atoms with Gasteiger partial charge in [0, 0.05) is 40.3 Å². The summed E-state index contributed by atoms with van der Waals surface area (Å²) in [4.78, 5) is 20.4. The Morgan fingerprint density at radius 3 is 2.65 bits per heavy atom. The number of nitrogens with one attached hydrogen (secondary N) is 1. The van der Waals surface area contributed by atoms with Gasteiger partial charge in [0.2, 0.25) is 5.91 Å². The predicted molar refractivity (Wildman–Crippen MR) is 126 cm³/mol. The van der Waals surface area contributed by atoms with Crippen LogP contribution in [0, 0.1) is 12.8 Å². The molecule has 1 amide bonds. The molecular weight excluding hydrogens is 386 g/mol. The van der Waals surface area contributed by atoms with Gasteiger partial charge in [0.15, 0.2) is 5.96 Å². The molecule has 0 radical (unpaired) electrons. The summed E-state index contributed by atoms with van der Waals surface area (Å²) in [5.41, 5.74) is 10.5. The lowest BCUT2D eigenvalue weighted by Crippen LogP contribution is -2.40. The molecule has 1 saturated heterocycles. The van der Waals surface area contributed by atoms with Crippen LogP contribution in [0.3, 0.4) is 0 Å². The number of carbonyl (C=O) groups is 1. The number of nitrogens with zero attached hydrogens (tertiary/aromatic N) is 3. The van der Waals surface area contributed by atoms with Crippen molar-refractivity contribution in [3.63, 3.8) is 0 Å². The van der Waals surface area contributed by atoms with Crippen LogP contribution in [0.2, 0.25) is 0 Å². The molecule has 0 bridgehead atoms. The van der Waals surface area contributed by atoms with Crippen LogP contribution < -0.4 is 11.1 Å². The fraction of sp³-hybridized carbons (Fsp3) is 0.440. The summed E-state index contributed by atoms with van der Waals surface area (Å²) in [6.07, 6.45) is 1.93. The maximum atomic E-state index is 11.5. The molecule has 166 valence electrons. The molecule has 1 atom stereocenters. The average Bonchev–Trinajstić information content (AvgIpc) is 2.76. The second-order valence-corrected chi connectivity index (χ2v) is 8.54. The molecule has 1 fully saturated rings. The minimum atomic E-state index is -0.177. The van der Waals surface area contributed by atoms with Crippen LogP contribution in [-0.4, -0.2) is 48.9 Å². The lowest BCUT2D eigenvalue weighted by atomic mass is 9.97. The van der Waals surface area contributed by atoms with Gasteiger partial charge in [-0.15, -0.1) is 0 Å². The number of aryl methyl sites for hydroxylation is 1. The molecule has 3 rings (SSSR count). The summed E-state index contributed by atoms with van der Waals surface area (Å²) in [7, 11) is 3.87. The van der Waals surface area contributed by atoms with Gasteiger partial charge < -0.3 is 16.0 Å². The summed E-state index contributed by atoms with van der Waals surface area (Å²) >= 11 is 0. The van der Waals surface area contributed by atoms with E-state index in [1.807, 2.05) is 7.05 Å². The van der Waals surface area contributed by atoms with Crippen molar-refractivity contribution < 1.29 is 4.79 Å². The van der Waals surface area contributed by atoms with E-state index in [2.05, 4.69) is 82.6 Å². The monoisotopic (exact) mass is 421 g/mol. The Morgan fingerprint density at radius 2 is 1.94 bits per heavy atom. The molecule has 2 aromatic carbocycles. The van der Waals surface area contributed by atoms with Gasteiger partial charge in [0.05, 0.1) is 5.92 Å². The van der Waals surface area contributed by atoms with Crippen molar-refractivity contribution in [2.45, 2.75) is 39.4 Å². The van der Waals surface area contributed by atoms with Crippen LogP contribution >= 0.6 is 0 Å². The molecule has 0 aliphatic carbocycles. The largest absolute Gasteiger partial charge is 0.369 e. The summed E-state index contributed by atoms with van der Waals surface area (Å²) < 4.78 is 0. The first-order valence-corrected chi connectivity index (χ1v) is 11.0. The average molecular weight is 422 g/mol. The zero-order valence-electron chi connectivity index (χ0n) is 19.0. The number of hydrogen-bond donors (Lipinski definition) is 2. The third-order valence-corrected chi connectivity index (χ3v) is 5.87.